The molecule has 1 fully saturated rings. The van der Waals surface area contributed by atoms with E-state index in [-0.39, 0.29) is 12.1 Å². The summed E-state index contributed by atoms with van der Waals surface area (Å²) in [6.07, 6.45) is 3.45. The summed E-state index contributed by atoms with van der Waals surface area (Å²) < 4.78 is 0. The van der Waals surface area contributed by atoms with Crippen LogP contribution in [0, 0.1) is 11.3 Å². The molecule has 0 saturated heterocycles. The van der Waals surface area contributed by atoms with Crippen LogP contribution in [-0.2, 0) is 0 Å². The first-order chi connectivity index (χ1) is 5.41. The van der Waals surface area contributed by atoms with Crippen molar-refractivity contribution in [2.24, 2.45) is 22.8 Å². The third-order valence-corrected chi connectivity index (χ3v) is 3.18. The summed E-state index contributed by atoms with van der Waals surface area (Å²) in [4.78, 5) is 0. The van der Waals surface area contributed by atoms with Gasteiger partial charge in [-0.05, 0) is 30.6 Å². The molecule has 12 heavy (non-hydrogen) atoms. The Kier molecular flexibility index (Phi) is 2.79. The van der Waals surface area contributed by atoms with Gasteiger partial charge >= 0.3 is 0 Å². The fourth-order valence-corrected chi connectivity index (χ4v) is 2.02. The Morgan fingerprint density at radius 3 is 2.00 bits per heavy atom. The Labute approximate surface area is 75.7 Å². The fraction of sp³-hybridized carbons (Fsp3) is 1.00. The van der Waals surface area contributed by atoms with Crippen LogP contribution < -0.4 is 11.5 Å². The van der Waals surface area contributed by atoms with Gasteiger partial charge in [-0.3, -0.25) is 0 Å². The molecule has 1 rings (SSSR count). The molecule has 0 aromatic carbocycles. The lowest BCUT2D eigenvalue weighted by Gasteiger charge is -2.39. The maximum Gasteiger partial charge on any atom is 0.0195 e. The number of hydrogen-bond acceptors (Lipinski definition) is 2. The third-order valence-electron chi connectivity index (χ3n) is 3.18. The second-order valence-electron chi connectivity index (χ2n) is 5.20. The predicted molar refractivity (Wildman–Crippen MR) is 52.7 cm³/mol. The maximum atomic E-state index is 5.94. The van der Waals surface area contributed by atoms with Crippen LogP contribution in [0.2, 0.25) is 0 Å². The van der Waals surface area contributed by atoms with Gasteiger partial charge in [0, 0.05) is 12.1 Å². The van der Waals surface area contributed by atoms with Crippen molar-refractivity contribution in [1.29, 1.82) is 0 Å². The van der Waals surface area contributed by atoms with Crippen molar-refractivity contribution >= 4 is 0 Å². The quantitative estimate of drug-likeness (QED) is 0.578. The lowest BCUT2D eigenvalue weighted by molar-refractivity contribution is 0.155. The first-order valence-corrected chi connectivity index (χ1v) is 4.92. The van der Waals surface area contributed by atoms with Crippen molar-refractivity contribution in [1.82, 2.24) is 0 Å². The smallest absolute Gasteiger partial charge is 0.0195 e. The molecule has 3 unspecified atom stereocenters. The minimum absolute atomic E-state index is 0.225. The van der Waals surface area contributed by atoms with E-state index in [4.69, 9.17) is 11.5 Å². The minimum Gasteiger partial charge on any atom is -0.326 e. The molecule has 0 amide bonds. The average Bonchev–Trinajstić information content (AvgIpc) is 1.92. The second-order valence-corrected chi connectivity index (χ2v) is 5.20. The predicted octanol–water partition coefficient (Wildman–Crippen LogP) is 1.49. The Balaban J connectivity index is 2.51. The fourth-order valence-electron chi connectivity index (χ4n) is 2.02. The molecular weight excluding hydrogens is 148 g/mol. The van der Waals surface area contributed by atoms with Crippen LogP contribution in [0.3, 0.4) is 0 Å². The topological polar surface area (TPSA) is 52.0 Å². The van der Waals surface area contributed by atoms with Crippen molar-refractivity contribution in [3.8, 4) is 0 Å². The number of rotatable bonds is 0. The molecule has 0 spiro atoms. The highest BCUT2D eigenvalue weighted by atomic mass is 14.8. The lowest BCUT2D eigenvalue weighted by Crippen LogP contribution is -2.47. The normalized spacial score (nSPS) is 38.2. The van der Waals surface area contributed by atoms with Gasteiger partial charge in [-0.1, -0.05) is 20.8 Å². The molecule has 1 aliphatic rings. The monoisotopic (exact) mass is 170 g/mol. The Morgan fingerprint density at radius 2 is 1.58 bits per heavy atom. The van der Waals surface area contributed by atoms with E-state index in [1.165, 1.54) is 6.42 Å². The van der Waals surface area contributed by atoms with Crippen LogP contribution >= 0.6 is 0 Å². The van der Waals surface area contributed by atoms with Crippen LogP contribution in [-0.4, -0.2) is 12.1 Å². The van der Waals surface area contributed by atoms with E-state index in [2.05, 4.69) is 20.8 Å². The molecule has 1 aliphatic carbocycles. The van der Waals surface area contributed by atoms with Crippen LogP contribution in [0.25, 0.3) is 0 Å². The van der Waals surface area contributed by atoms with Crippen LogP contribution in [0.1, 0.15) is 40.0 Å². The van der Waals surface area contributed by atoms with Crippen molar-refractivity contribution in [3.63, 3.8) is 0 Å². The van der Waals surface area contributed by atoms with Crippen LogP contribution in [0.15, 0.2) is 0 Å². The lowest BCUT2D eigenvalue weighted by atomic mass is 9.70. The van der Waals surface area contributed by atoms with Crippen molar-refractivity contribution in [2.45, 2.75) is 52.1 Å². The molecule has 0 heterocycles. The van der Waals surface area contributed by atoms with E-state index >= 15 is 0 Å². The van der Waals surface area contributed by atoms with Gasteiger partial charge in [0.2, 0.25) is 0 Å². The van der Waals surface area contributed by atoms with Crippen LogP contribution in [0.5, 0.6) is 0 Å². The van der Waals surface area contributed by atoms with E-state index in [1.54, 1.807) is 0 Å². The molecule has 1 saturated carbocycles. The summed E-state index contributed by atoms with van der Waals surface area (Å²) in [5.74, 6) is 0.757. The van der Waals surface area contributed by atoms with Gasteiger partial charge in [-0.2, -0.15) is 0 Å². The van der Waals surface area contributed by atoms with Gasteiger partial charge < -0.3 is 11.5 Å². The zero-order valence-electron chi connectivity index (χ0n) is 8.51. The minimum atomic E-state index is 0.225. The van der Waals surface area contributed by atoms with Crippen molar-refractivity contribution in [2.75, 3.05) is 0 Å². The first kappa shape index (κ1) is 10.0. The standard InChI is InChI=1S/C10H22N2/c1-10(2,3)7-4-5-8(11)9(12)6-7/h7-9H,4-6,11-12H2,1-3H3. The Bertz CT molecular complexity index is 148. The molecule has 2 heteroatoms. The van der Waals surface area contributed by atoms with Gasteiger partial charge in [-0.15, -0.1) is 0 Å². The third kappa shape index (κ3) is 2.20. The van der Waals surface area contributed by atoms with E-state index in [9.17, 15) is 0 Å². The Hall–Kier alpha value is -0.0800. The van der Waals surface area contributed by atoms with Crippen LogP contribution in [0.4, 0.5) is 0 Å². The van der Waals surface area contributed by atoms with Gasteiger partial charge in [0.1, 0.15) is 0 Å². The molecule has 0 aromatic heterocycles. The molecule has 0 aliphatic heterocycles. The summed E-state index contributed by atoms with van der Waals surface area (Å²) in [6.45, 7) is 6.88. The molecule has 3 atom stereocenters. The van der Waals surface area contributed by atoms with E-state index < -0.39 is 0 Å². The van der Waals surface area contributed by atoms with E-state index in [0.717, 1.165) is 18.8 Å². The first-order valence-electron chi connectivity index (χ1n) is 4.92. The SMILES string of the molecule is CC(C)(C)C1CCC(N)C(N)C1. The maximum absolute atomic E-state index is 5.94. The molecule has 72 valence electrons. The van der Waals surface area contributed by atoms with Crippen molar-refractivity contribution in [3.05, 3.63) is 0 Å². The summed E-state index contributed by atoms with van der Waals surface area (Å²) in [5.41, 5.74) is 12.2. The van der Waals surface area contributed by atoms with Gasteiger partial charge in [-0.25, -0.2) is 0 Å². The summed E-state index contributed by atoms with van der Waals surface area (Å²) in [7, 11) is 0. The number of nitrogens with two attached hydrogens (primary N) is 2. The van der Waals surface area contributed by atoms with Gasteiger partial charge in [0.05, 0.1) is 0 Å². The Morgan fingerprint density at radius 1 is 1.00 bits per heavy atom. The molecule has 0 bridgehead atoms. The van der Waals surface area contributed by atoms with Gasteiger partial charge in [0.15, 0.2) is 0 Å². The largest absolute Gasteiger partial charge is 0.326 e. The van der Waals surface area contributed by atoms with Gasteiger partial charge in [0.25, 0.3) is 0 Å². The zero-order chi connectivity index (χ0) is 9.35. The van der Waals surface area contributed by atoms with E-state index in [1.807, 2.05) is 0 Å². The molecule has 4 N–H and O–H groups in total. The van der Waals surface area contributed by atoms with E-state index in [0.29, 0.717) is 5.41 Å². The highest BCUT2D eigenvalue weighted by molar-refractivity contribution is 4.89. The highest BCUT2D eigenvalue weighted by Crippen LogP contribution is 2.36. The molecule has 0 radical (unpaired) electrons. The zero-order valence-corrected chi connectivity index (χ0v) is 8.51. The average molecular weight is 170 g/mol. The summed E-state index contributed by atoms with van der Waals surface area (Å²) >= 11 is 0. The second kappa shape index (κ2) is 3.35. The van der Waals surface area contributed by atoms with Crippen molar-refractivity contribution < 1.29 is 0 Å². The highest BCUT2D eigenvalue weighted by Gasteiger charge is 2.32. The molecule has 0 aromatic rings. The molecular formula is C10H22N2. The summed E-state index contributed by atoms with van der Waals surface area (Å²) in [5, 5.41) is 0. The molecule has 2 nitrogen and oxygen atoms in total. The number of hydrogen-bond donors (Lipinski definition) is 2. The summed E-state index contributed by atoms with van der Waals surface area (Å²) in [6, 6.07) is 0.464.